The van der Waals surface area contributed by atoms with Crippen LogP contribution in [-0.2, 0) is 27.2 Å². The number of anilines is 1. The molecule has 1 fully saturated rings. The number of esters is 1. The first-order valence-corrected chi connectivity index (χ1v) is 11.5. The maximum Gasteiger partial charge on any atom is 0.344 e. The maximum absolute atomic E-state index is 12.5. The van der Waals surface area contributed by atoms with E-state index in [1.807, 2.05) is 30.3 Å². The molecule has 1 heterocycles. The summed E-state index contributed by atoms with van der Waals surface area (Å²) in [6.07, 6.45) is 5.18. The van der Waals surface area contributed by atoms with Crippen LogP contribution in [0.25, 0.3) is 6.08 Å². The van der Waals surface area contributed by atoms with Crippen molar-refractivity contribution in [3.8, 4) is 5.75 Å². The molecule has 1 aliphatic heterocycles. The molecule has 1 atom stereocenters. The minimum atomic E-state index is -0.412. The normalized spacial score (nSPS) is 16.5. The summed E-state index contributed by atoms with van der Waals surface area (Å²) in [5, 5.41) is 6.28. The Morgan fingerprint density at radius 1 is 1.22 bits per heavy atom. The summed E-state index contributed by atoms with van der Waals surface area (Å²) >= 11 is 1.44. The van der Waals surface area contributed by atoms with Crippen LogP contribution in [0.5, 0.6) is 5.75 Å². The Hall–Kier alpha value is -3.19. The van der Waals surface area contributed by atoms with Gasteiger partial charge in [0, 0.05) is 5.69 Å². The number of hydrogen-bond donors (Lipinski definition) is 2. The first-order valence-electron chi connectivity index (χ1n) is 10.6. The van der Waals surface area contributed by atoms with Crippen molar-refractivity contribution >= 4 is 35.4 Å². The molecule has 0 aromatic heterocycles. The number of allylic oxidation sites excluding steroid dienone is 1. The lowest BCUT2D eigenvalue weighted by Crippen LogP contribution is -2.30. The summed E-state index contributed by atoms with van der Waals surface area (Å²) in [7, 11) is 0. The summed E-state index contributed by atoms with van der Waals surface area (Å²) in [6, 6.07) is 13.8. The summed E-state index contributed by atoms with van der Waals surface area (Å²) in [6.45, 7) is 7.82. The van der Waals surface area contributed by atoms with Gasteiger partial charge in [-0.3, -0.25) is 4.79 Å². The van der Waals surface area contributed by atoms with Crippen molar-refractivity contribution in [2.45, 2.75) is 32.2 Å². The topological polar surface area (TPSA) is 76.7 Å². The zero-order valence-corrected chi connectivity index (χ0v) is 19.2. The molecule has 0 radical (unpaired) electrons. The molecule has 2 aromatic rings. The van der Waals surface area contributed by atoms with Crippen LogP contribution >= 0.6 is 11.8 Å². The fraction of sp³-hybridized carbons (Fsp3) is 0.280. The van der Waals surface area contributed by atoms with E-state index in [0.717, 1.165) is 23.2 Å². The van der Waals surface area contributed by atoms with E-state index in [9.17, 15) is 9.59 Å². The van der Waals surface area contributed by atoms with Crippen LogP contribution in [0, 0.1) is 0 Å². The molecule has 0 saturated carbocycles. The molecule has 7 heteroatoms. The van der Waals surface area contributed by atoms with Crippen molar-refractivity contribution in [2.75, 3.05) is 18.5 Å². The summed E-state index contributed by atoms with van der Waals surface area (Å²) < 4.78 is 10.5. The second kappa shape index (κ2) is 11.4. The second-order valence-corrected chi connectivity index (χ2v) is 8.28. The Bertz CT molecular complexity index is 1000. The molecule has 0 spiro atoms. The predicted molar refractivity (Wildman–Crippen MR) is 129 cm³/mol. The summed E-state index contributed by atoms with van der Waals surface area (Å²) in [4.78, 5) is 24.7. The average Bonchev–Trinajstić information content (AvgIpc) is 3.12. The highest BCUT2D eigenvalue weighted by Crippen LogP contribution is 2.31. The standard InChI is InChI=1S/C25H28N2O4S/c1-4-7-19-14-18(10-13-21(19)31-16-23(28)30-6-3)15-22-24(29)27-25(32-22)26-20-11-8-17(5-2)9-12-20/h4,8-15,25-26H,1,5-7,16H2,2-3H3,(H,27,29)/b22-15-/t25-/m1/s1. The molecule has 2 aromatic carbocycles. The van der Waals surface area contributed by atoms with Crippen LogP contribution in [0.15, 0.2) is 60.0 Å². The molecule has 0 aliphatic carbocycles. The van der Waals surface area contributed by atoms with Gasteiger partial charge in [-0.1, -0.05) is 43.0 Å². The number of amides is 1. The number of rotatable bonds is 10. The van der Waals surface area contributed by atoms with Crippen molar-refractivity contribution in [3.05, 3.63) is 76.7 Å². The zero-order chi connectivity index (χ0) is 22.9. The Balaban J connectivity index is 1.69. The molecule has 168 valence electrons. The lowest BCUT2D eigenvalue weighted by atomic mass is 10.1. The third kappa shape index (κ3) is 6.40. The van der Waals surface area contributed by atoms with Gasteiger partial charge in [0.1, 0.15) is 5.75 Å². The number of ether oxygens (including phenoxy) is 2. The fourth-order valence-corrected chi connectivity index (χ4v) is 4.17. The average molecular weight is 453 g/mol. The van der Waals surface area contributed by atoms with Crippen molar-refractivity contribution in [2.24, 2.45) is 0 Å². The van der Waals surface area contributed by atoms with Gasteiger partial charge in [0.15, 0.2) is 12.1 Å². The molecule has 6 nitrogen and oxygen atoms in total. The number of hydrogen-bond acceptors (Lipinski definition) is 6. The lowest BCUT2D eigenvalue weighted by molar-refractivity contribution is -0.145. The molecule has 1 aliphatic rings. The Kier molecular flexibility index (Phi) is 8.39. The van der Waals surface area contributed by atoms with Gasteiger partial charge in [0.25, 0.3) is 5.91 Å². The van der Waals surface area contributed by atoms with E-state index in [0.29, 0.717) is 23.7 Å². The summed E-state index contributed by atoms with van der Waals surface area (Å²) in [5.41, 5.74) is 3.74. The van der Waals surface area contributed by atoms with Crippen LogP contribution in [0.2, 0.25) is 0 Å². The Morgan fingerprint density at radius 2 is 2.00 bits per heavy atom. The maximum atomic E-state index is 12.5. The second-order valence-electron chi connectivity index (χ2n) is 7.13. The Labute approximate surface area is 193 Å². The van der Waals surface area contributed by atoms with Crippen molar-refractivity contribution < 1.29 is 19.1 Å². The van der Waals surface area contributed by atoms with Gasteiger partial charge in [0.05, 0.1) is 11.5 Å². The number of carbonyl (C=O) groups is 2. The van der Waals surface area contributed by atoms with Gasteiger partial charge in [-0.15, -0.1) is 6.58 Å². The minimum Gasteiger partial charge on any atom is -0.482 e. The number of thioether (sulfide) groups is 1. The van der Waals surface area contributed by atoms with E-state index in [1.165, 1.54) is 17.3 Å². The molecule has 1 saturated heterocycles. The highest BCUT2D eigenvalue weighted by atomic mass is 32.2. The molecule has 1 amide bonds. The molecular weight excluding hydrogens is 424 g/mol. The molecule has 0 unspecified atom stereocenters. The predicted octanol–water partition coefficient (Wildman–Crippen LogP) is 4.52. The van der Waals surface area contributed by atoms with Crippen LogP contribution < -0.4 is 15.4 Å². The van der Waals surface area contributed by atoms with Gasteiger partial charge in [0.2, 0.25) is 0 Å². The minimum absolute atomic E-state index is 0.120. The quantitative estimate of drug-likeness (QED) is 0.314. The SMILES string of the molecule is C=CCc1cc(/C=C2\S[C@H](Nc3ccc(CC)cc3)NC2=O)ccc1OCC(=O)OCC. The highest BCUT2D eigenvalue weighted by Gasteiger charge is 2.27. The Morgan fingerprint density at radius 3 is 2.69 bits per heavy atom. The van der Waals surface area contributed by atoms with Gasteiger partial charge < -0.3 is 20.1 Å². The van der Waals surface area contributed by atoms with Crippen molar-refractivity contribution in [3.63, 3.8) is 0 Å². The largest absolute Gasteiger partial charge is 0.482 e. The molecule has 32 heavy (non-hydrogen) atoms. The third-order valence-electron chi connectivity index (χ3n) is 4.79. The van der Waals surface area contributed by atoms with Gasteiger partial charge in [-0.25, -0.2) is 4.79 Å². The van der Waals surface area contributed by atoms with E-state index >= 15 is 0 Å². The van der Waals surface area contributed by atoms with Crippen LogP contribution in [-0.4, -0.2) is 30.6 Å². The number of nitrogens with one attached hydrogen (secondary N) is 2. The van der Waals surface area contributed by atoms with Crippen LogP contribution in [0.1, 0.15) is 30.5 Å². The van der Waals surface area contributed by atoms with E-state index in [-0.39, 0.29) is 18.0 Å². The smallest absolute Gasteiger partial charge is 0.344 e. The number of carbonyl (C=O) groups excluding carboxylic acids is 2. The monoisotopic (exact) mass is 452 g/mol. The molecular formula is C25H28N2O4S. The van der Waals surface area contributed by atoms with Crippen LogP contribution in [0.4, 0.5) is 5.69 Å². The highest BCUT2D eigenvalue weighted by molar-refractivity contribution is 8.05. The van der Waals surface area contributed by atoms with E-state index < -0.39 is 5.97 Å². The molecule has 2 N–H and O–H groups in total. The summed E-state index contributed by atoms with van der Waals surface area (Å²) in [5.74, 6) is 0.0643. The third-order valence-corrected chi connectivity index (χ3v) is 5.82. The van der Waals surface area contributed by atoms with E-state index in [4.69, 9.17) is 9.47 Å². The molecule has 3 rings (SSSR count). The van der Waals surface area contributed by atoms with E-state index in [1.54, 1.807) is 19.1 Å². The first kappa shape index (κ1) is 23.5. The van der Waals surface area contributed by atoms with Gasteiger partial charge in [-0.2, -0.15) is 0 Å². The van der Waals surface area contributed by atoms with Crippen LogP contribution in [0.3, 0.4) is 0 Å². The molecule has 0 bridgehead atoms. The van der Waals surface area contributed by atoms with Crippen molar-refractivity contribution in [1.82, 2.24) is 5.32 Å². The number of benzene rings is 2. The lowest BCUT2D eigenvalue weighted by Gasteiger charge is -2.13. The fourth-order valence-electron chi connectivity index (χ4n) is 3.19. The van der Waals surface area contributed by atoms with Gasteiger partial charge >= 0.3 is 5.97 Å². The van der Waals surface area contributed by atoms with Crippen molar-refractivity contribution in [1.29, 1.82) is 0 Å². The van der Waals surface area contributed by atoms with Gasteiger partial charge in [-0.05, 0) is 66.8 Å². The zero-order valence-electron chi connectivity index (χ0n) is 18.4. The van der Waals surface area contributed by atoms with E-state index in [2.05, 4.69) is 36.3 Å². The first-order chi connectivity index (χ1) is 15.5. The number of aryl methyl sites for hydroxylation is 1.